The average Bonchev–Trinajstić information content (AvgIpc) is 3.34. The van der Waals surface area contributed by atoms with Crippen molar-refractivity contribution in [2.75, 3.05) is 38.5 Å². The van der Waals surface area contributed by atoms with E-state index in [-0.39, 0.29) is 35.8 Å². The van der Waals surface area contributed by atoms with E-state index in [2.05, 4.69) is 42.7 Å². The Hall–Kier alpha value is -2.14. The summed E-state index contributed by atoms with van der Waals surface area (Å²) in [5.41, 5.74) is 2.96. The summed E-state index contributed by atoms with van der Waals surface area (Å²) >= 11 is 0. The lowest BCUT2D eigenvalue weighted by Crippen LogP contribution is -2.52. The fraction of sp³-hybridized carbons (Fsp3) is 0.542. The molecule has 1 aromatic heterocycles. The third kappa shape index (κ3) is 7.43. The van der Waals surface area contributed by atoms with Gasteiger partial charge >= 0.3 is 0 Å². The van der Waals surface area contributed by atoms with E-state index in [1.54, 1.807) is 6.26 Å². The van der Waals surface area contributed by atoms with Crippen molar-refractivity contribution in [2.24, 2.45) is 10.9 Å². The van der Waals surface area contributed by atoms with Gasteiger partial charge in [0.15, 0.2) is 5.96 Å². The summed E-state index contributed by atoms with van der Waals surface area (Å²) in [4.78, 5) is 21.7. The maximum absolute atomic E-state index is 12.6. The van der Waals surface area contributed by atoms with E-state index in [0.29, 0.717) is 6.54 Å². The van der Waals surface area contributed by atoms with E-state index in [1.165, 1.54) is 6.42 Å². The van der Waals surface area contributed by atoms with Gasteiger partial charge in [0.05, 0.1) is 5.69 Å². The van der Waals surface area contributed by atoms with Gasteiger partial charge in [0.25, 0.3) is 0 Å². The molecule has 33 heavy (non-hydrogen) atoms. The van der Waals surface area contributed by atoms with Crippen molar-refractivity contribution in [1.82, 2.24) is 20.3 Å². The minimum Gasteiger partial charge on any atom is -0.364 e. The highest BCUT2D eigenvalue weighted by Gasteiger charge is 2.22. The molecule has 0 radical (unpaired) electrons. The number of guanidine groups is 1. The van der Waals surface area contributed by atoms with Gasteiger partial charge in [-0.3, -0.25) is 14.7 Å². The lowest BCUT2D eigenvalue weighted by atomic mass is 9.88. The number of carbonyl (C=O) groups is 1. The number of nitrogens with zero attached hydrogens (tertiary/aromatic N) is 4. The number of nitrogens with one attached hydrogen (secondary N) is 2. The SMILES string of the molecule is CN=C(NCc1cccc(NC(=O)C2CCCCC2)c1)N1CCN(Cc2ccon2)CC1.I. The number of carbonyl (C=O) groups excluding carboxylic acids is 1. The fourth-order valence-corrected chi connectivity index (χ4v) is 4.55. The number of hydrogen-bond donors (Lipinski definition) is 2. The van der Waals surface area contributed by atoms with Crippen LogP contribution in [0.4, 0.5) is 5.69 Å². The number of halogens is 1. The highest BCUT2D eigenvalue weighted by molar-refractivity contribution is 14.0. The first-order chi connectivity index (χ1) is 15.7. The van der Waals surface area contributed by atoms with E-state index in [0.717, 1.165) is 81.3 Å². The molecule has 1 aromatic carbocycles. The number of piperazine rings is 1. The molecule has 2 aliphatic rings. The summed E-state index contributed by atoms with van der Waals surface area (Å²) in [6.07, 6.45) is 7.21. The van der Waals surface area contributed by atoms with E-state index in [9.17, 15) is 4.79 Å². The predicted octanol–water partition coefficient (Wildman–Crippen LogP) is 3.70. The summed E-state index contributed by atoms with van der Waals surface area (Å²) < 4.78 is 4.93. The minimum absolute atomic E-state index is 0. The third-order valence-corrected chi connectivity index (χ3v) is 6.38. The van der Waals surface area contributed by atoms with Gasteiger partial charge in [-0.1, -0.05) is 36.6 Å². The van der Waals surface area contributed by atoms with Crippen LogP contribution in [0, 0.1) is 5.92 Å². The monoisotopic (exact) mass is 566 g/mol. The minimum atomic E-state index is 0. The number of aromatic nitrogens is 1. The van der Waals surface area contributed by atoms with E-state index in [1.807, 2.05) is 25.2 Å². The lowest BCUT2D eigenvalue weighted by molar-refractivity contribution is -0.120. The van der Waals surface area contributed by atoms with E-state index in [4.69, 9.17) is 4.52 Å². The van der Waals surface area contributed by atoms with E-state index < -0.39 is 0 Å². The number of anilines is 1. The number of aliphatic imine (C=N–C) groups is 1. The molecule has 0 unspecified atom stereocenters. The van der Waals surface area contributed by atoms with Crippen LogP contribution in [0.2, 0.25) is 0 Å². The van der Waals surface area contributed by atoms with Crippen molar-refractivity contribution in [3.8, 4) is 0 Å². The standard InChI is InChI=1S/C24H34N6O2.HI/c1-25-24(30-13-11-29(12-14-30)18-22-10-15-32-28-22)26-17-19-6-5-9-21(16-19)27-23(31)20-7-3-2-4-8-20;/h5-6,9-10,15-16,20H,2-4,7-8,11-14,17-18H2,1H3,(H,25,26)(H,27,31);1H. The van der Waals surface area contributed by atoms with Crippen molar-refractivity contribution in [2.45, 2.75) is 45.2 Å². The van der Waals surface area contributed by atoms with Crippen LogP contribution in [-0.4, -0.2) is 60.0 Å². The molecule has 1 saturated carbocycles. The number of benzene rings is 1. The molecular formula is C24H35IN6O2. The number of rotatable bonds is 6. The summed E-state index contributed by atoms with van der Waals surface area (Å²) in [6, 6.07) is 10.0. The van der Waals surface area contributed by atoms with Crippen LogP contribution in [0.15, 0.2) is 46.1 Å². The molecule has 2 heterocycles. The van der Waals surface area contributed by atoms with E-state index >= 15 is 0 Å². The summed E-state index contributed by atoms with van der Waals surface area (Å²) in [5.74, 6) is 1.23. The lowest BCUT2D eigenvalue weighted by Gasteiger charge is -2.36. The molecule has 180 valence electrons. The molecule has 1 aliphatic heterocycles. The van der Waals surface area contributed by atoms with Gasteiger partial charge in [-0.15, -0.1) is 24.0 Å². The van der Waals surface area contributed by atoms with Crippen LogP contribution >= 0.6 is 24.0 Å². The molecule has 0 atom stereocenters. The fourth-order valence-electron chi connectivity index (χ4n) is 4.55. The van der Waals surface area contributed by atoms with Gasteiger partial charge in [0.2, 0.25) is 5.91 Å². The molecule has 4 rings (SSSR count). The zero-order valence-corrected chi connectivity index (χ0v) is 21.7. The summed E-state index contributed by atoms with van der Waals surface area (Å²) in [7, 11) is 1.82. The first kappa shape index (κ1) is 25.5. The second kappa shape index (κ2) is 12.9. The molecule has 0 spiro atoms. The van der Waals surface area contributed by atoms with Gasteiger partial charge in [-0.05, 0) is 30.5 Å². The normalized spacial score (nSPS) is 18.0. The Morgan fingerprint density at radius 2 is 1.94 bits per heavy atom. The average molecular weight is 566 g/mol. The van der Waals surface area contributed by atoms with Crippen LogP contribution in [-0.2, 0) is 17.9 Å². The Bertz CT molecular complexity index is 890. The maximum atomic E-state index is 12.6. The van der Waals surface area contributed by atoms with Gasteiger partial charge in [0.1, 0.15) is 6.26 Å². The molecule has 2 N–H and O–H groups in total. The third-order valence-electron chi connectivity index (χ3n) is 6.38. The van der Waals surface area contributed by atoms with Gasteiger partial charge < -0.3 is 20.1 Å². The molecule has 0 bridgehead atoms. The topological polar surface area (TPSA) is 86.0 Å². The first-order valence-corrected chi connectivity index (χ1v) is 11.7. The molecular weight excluding hydrogens is 531 g/mol. The molecule has 8 nitrogen and oxygen atoms in total. The summed E-state index contributed by atoms with van der Waals surface area (Å²) in [5, 5.41) is 10.6. The van der Waals surface area contributed by atoms with Crippen molar-refractivity contribution in [3.05, 3.63) is 47.9 Å². The summed E-state index contributed by atoms with van der Waals surface area (Å²) in [6.45, 7) is 5.21. The van der Waals surface area contributed by atoms with Gasteiger partial charge in [0, 0.05) is 64.0 Å². The highest BCUT2D eigenvalue weighted by Crippen LogP contribution is 2.25. The quantitative estimate of drug-likeness (QED) is 0.315. The van der Waals surface area contributed by atoms with Crippen LogP contribution in [0.3, 0.4) is 0 Å². The molecule has 1 aliphatic carbocycles. The second-order valence-electron chi connectivity index (χ2n) is 8.68. The maximum Gasteiger partial charge on any atom is 0.227 e. The molecule has 2 aromatic rings. The zero-order chi connectivity index (χ0) is 22.2. The predicted molar refractivity (Wildman–Crippen MR) is 141 cm³/mol. The molecule has 2 fully saturated rings. The molecule has 1 amide bonds. The Morgan fingerprint density at radius 3 is 2.64 bits per heavy atom. The Kier molecular flexibility index (Phi) is 9.98. The number of hydrogen-bond acceptors (Lipinski definition) is 5. The van der Waals surface area contributed by atoms with Crippen LogP contribution in [0.1, 0.15) is 43.4 Å². The Labute approximate surface area is 213 Å². The number of amides is 1. The van der Waals surface area contributed by atoms with Crippen molar-refractivity contribution < 1.29 is 9.32 Å². The highest BCUT2D eigenvalue weighted by atomic mass is 127. The van der Waals surface area contributed by atoms with Crippen molar-refractivity contribution in [3.63, 3.8) is 0 Å². The Morgan fingerprint density at radius 1 is 1.15 bits per heavy atom. The van der Waals surface area contributed by atoms with Crippen LogP contribution in [0.25, 0.3) is 0 Å². The van der Waals surface area contributed by atoms with Gasteiger partial charge in [-0.2, -0.15) is 0 Å². The smallest absolute Gasteiger partial charge is 0.227 e. The Balaban J connectivity index is 0.00000306. The molecule has 9 heteroatoms. The van der Waals surface area contributed by atoms with Gasteiger partial charge in [-0.25, -0.2) is 0 Å². The largest absolute Gasteiger partial charge is 0.364 e. The van der Waals surface area contributed by atoms with Crippen molar-refractivity contribution >= 4 is 41.5 Å². The van der Waals surface area contributed by atoms with Crippen LogP contribution in [0.5, 0.6) is 0 Å². The van der Waals surface area contributed by atoms with Crippen LogP contribution < -0.4 is 10.6 Å². The van der Waals surface area contributed by atoms with Crippen molar-refractivity contribution in [1.29, 1.82) is 0 Å². The first-order valence-electron chi connectivity index (χ1n) is 11.7. The molecule has 1 saturated heterocycles. The second-order valence-corrected chi connectivity index (χ2v) is 8.68. The zero-order valence-electron chi connectivity index (χ0n) is 19.3.